The molecule has 1 unspecified atom stereocenters. The lowest BCUT2D eigenvalue weighted by Crippen LogP contribution is -2.47. The maximum absolute atomic E-state index is 13.5. The van der Waals surface area contributed by atoms with Crippen molar-refractivity contribution in [3.8, 4) is 0 Å². The zero-order chi connectivity index (χ0) is 19.8. The third kappa shape index (κ3) is 7.34. The van der Waals surface area contributed by atoms with Gasteiger partial charge in [0, 0.05) is 38.9 Å². The van der Waals surface area contributed by atoms with Crippen molar-refractivity contribution in [1.82, 2.24) is 10.2 Å². The molecule has 6 nitrogen and oxygen atoms in total. The summed E-state index contributed by atoms with van der Waals surface area (Å²) in [6, 6.07) is 4.80. The van der Waals surface area contributed by atoms with Gasteiger partial charge in [-0.1, -0.05) is 6.07 Å². The van der Waals surface area contributed by atoms with Crippen molar-refractivity contribution in [2.75, 3.05) is 33.4 Å². The second-order valence-electron chi connectivity index (χ2n) is 7.49. The Morgan fingerprint density at radius 2 is 2.10 bits per heavy atom. The fourth-order valence-electron chi connectivity index (χ4n) is 3.79. The van der Waals surface area contributed by atoms with Crippen LogP contribution in [0.15, 0.2) is 23.2 Å². The number of nitrogens with zero attached hydrogens (tertiary/aromatic N) is 2. The van der Waals surface area contributed by atoms with Crippen LogP contribution in [0.1, 0.15) is 43.2 Å². The number of ether oxygens (including phenoxy) is 2. The van der Waals surface area contributed by atoms with Gasteiger partial charge in [-0.3, -0.25) is 4.99 Å². The first-order valence-corrected chi connectivity index (χ1v) is 10.3. The number of halogens is 2. The molecule has 2 aliphatic rings. The molecule has 8 heteroatoms. The van der Waals surface area contributed by atoms with Gasteiger partial charge in [-0.2, -0.15) is 0 Å². The van der Waals surface area contributed by atoms with E-state index in [-0.39, 0.29) is 48.6 Å². The number of piperidine rings is 1. The summed E-state index contributed by atoms with van der Waals surface area (Å²) in [7, 11) is 1.77. The molecule has 0 spiro atoms. The predicted molar refractivity (Wildman–Crippen MR) is 122 cm³/mol. The van der Waals surface area contributed by atoms with Crippen LogP contribution in [0.3, 0.4) is 0 Å². The quantitative estimate of drug-likeness (QED) is 0.343. The summed E-state index contributed by atoms with van der Waals surface area (Å²) in [5.74, 6) is 0.459. The van der Waals surface area contributed by atoms with E-state index < -0.39 is 0 Å². The van der Waals surface area contributed by atoms with Crippen molar-refractivity contribution in [3.05, 3.63) is 35.1 Å². The number of nitrogens with one attached hydrogen (secondary N) is 1. The van der Waals surface area contributed by atoms with Crippen LogP contribution in [0, 0.1) is 5.82 Å². The number of aliphatic hydroxyl groups is 1. The predicted octanol–water partition coefficient (Wildman–Crippen LogP) is 3.06. The van der Waals surface area contributed by atoms with E-state index in [1.807, 2.05) is 0 Å². The molecule has 0 bridgehead atoms. The van der Waals surface area contributed by atoms with Crippen LogP contribution in [0.2, 0.25) is 0 Å². The van der Waals surface area contributed by atoms with E-state index in [1.165, 1.54) is 18.9 Å². The van der Waals surface area contributed by atoms with Gasteiger partial charge in [-0.15, -0.1) is 24.0 Å². The summed E-state index contributed by atoms with van der Waals surface area (Å²) in [6.45, 7) is 3.59. The number of benzene rings is 1. The van der Waals surface area contributed by atoms with Gasteiger partial charge < -0.3 is 24.8 Å². The Kier molecular flexibility index (Phi) is 10.6. The summed E-state index contributed by atoms with van der Waals surface area (Å²) in [4.78, 5) is 6.61. The normalized spacial score (nSPS) is 21.0. The highest BCUT2D eigenvalue weighted by atomic mass is 127. The molecular formula is C21H33FIN3O3. The average Bonchev–Trinajstić information content (AvgIpc) is 2.75. The molecule has 0 amide bonds. The number of aliphatic imine (C=N–C) groups is 1. The van der Waals surface area contributed by atoms with Crippen LogP contribution >= 0.6 is 24.0 Å². The Hall–Kier alpha value is -0.970. The number of hydrogen-bond donors (Lipinski definition) is 2. The highest BCUT2D eigenvalue weighted by molar-refractivity contribution is 14.0. The molecule has 2 saturated heterocycles. The van der Waals surface area contributed by atoms with Crippen molar-refractivity contribution in [1.29, 1.82) is 0 Å². The highest BCUT2D eigenvalue weighted by Crippen LogP contribution is 2.18. The maximum atomic E-state index is 13.5. The van der Waals surface area contributed by atoms with Gasteiger partial charge in [0.2, 0.25) is 0 Å². The fraction of sp³-hybridized carbons (Fsp3) is 0.667. The molecule has 0 saturated carbocycles. The van der Waals surface area contributed by atoms with Crippen LogP contribution < -0.4 is 5.32 Å². The van der Waals surface area contributed by atoms with Crippen molar-refractivity contribution in [3.63, 3.8) is 0 Å². The standard InChI is InChI=1S/C21H32FN3O3.HI/c1-23-21(24-13-16-5-6-20(22)17(12-16)14-26)25-9-7-18(8-10-25)28-15-19-4-2-3-11-27-19;/h5-6,12,18-19,26H,2-4,7-11,13-15H2,1H3,(H,23,24);1H. The Bertz CT molecular complexity index is 648. The average molecular weight is 521 g/mol. The Balaban J connectivity index is 0.00000300. The number of rotatable bonds is 6. The van der Waals surface area contributed by atoms with Gasteiger partial charge in [-0.25, -0.2) is 4.39 Å². The van der Waals surface area contributed by atoms with Crippen LogP contribution in [-0.4, -0.2) is 61.5 Å². The summed E-state index contributed by atoms with van der Waals surface area (Å²) >= 11 is 0. The molecule has 1 aromatic rings. The zero-order valence-corrected chi connectivity index (χ0v) is 19.4. The molecule has 2 aliphatic heterocycles. The first kappa shape index (κ1) is 24.3. The monoisotopic (exact) mass is 521 g/mol. The lowest BCUT2D eigenvalue weighted by atomic mass is 10.1. The minimum atomic E-state index is -0.378. The van der Waals surface area contributed by atoms with E-state index in [2.05, 4.69) is 15.2 Å². The van der Waals surface area contributed by atoms with Gasteiger partial charge in [0.05, 0.1) is 25.4 Å². The second kappa shape index (κ2) is 12.7. The minimum absolute atomic E-state index is 0. The second-order valence-corrected chi connectivity index (χ2v) is 7.49. The highest BCUT2D eigenvalue weighted by Gasteiger charge is 2.23. The largest absolute Gasteiger partial charge is 0.392 e. The molecule has 0 aromatic heterocycles. The van der Waals surface area contributed by atoms with Crippen LogP contribution in [0.4, 0.5) is 4.39 Å². The topological polar surface area (TPSA) is 66.3 Å². The maximum Gasteiger partial charge on any atom is 0.193 e. The smallest absolute Gasteiger partial charge is 0.193 e. The Labute approximate surface area is 189 Å². The third-order valence-corrected chi connectivity index (χ3v) is 5.48. The lowest BCUT2D eigenvalue weighted by Gasteiger charge is -2.35. The number of guanidine groups is 1. The molecule has 1 aromatic carbocycles. The number of likely N-dealkylation sites (tertiary alicyclic amines) is 1. The SMILES string of the molecule is CN=C(NCc1ccc(F)c(CO)c1)N1CCC(OCC2CCCCO2)CC1.I. The first-order chi connectivity index (χ1) is 13.7. The number of hydrogen-bond acceptors (Lipinski definition) is 4. The van der Waals surface area contributed by atoms with Crippen LogP contribution in [-0.2, 0) is 22.6 Å². The molecule has 2 fully saturated rings. The molecule has 29 heavy (non-hydrogen) atoms. The van der Waals surface area contributed by atoms with E-state index in [0.29, 0.717) is 18.7 Å². The van der Waals surface area contributed by atoms with Gasteiger partial charge in [0.25, 0.3) is 0 Å². The molecule has 164 valence electrons. The summed E-state index contributed by atoms with van der Waals surface area (Å²) in [6.07, 6.45) is 6.00. The summed E-state index contributed by atoms with van der Waals surface area (Å²) < 4.78 is 25.3. The lowest BCUT2D eigenvalue weighted by molar-refractivity contribution is -0.0721. The minimum Gasteiger partial charge on any atom is -0.392 e. The molecule has 2 heterocycles. The third-order valence-electron chi connectivity index (χ3n) is 5.48. The van der Waals surface area contributed by atoms with Crippen molar-refractivity contribution in [2.45, 2.75) is 57.5 Å². The van der Waals surface area contributed by atoms with Gasteiger partial charge >= 0.3 is 0 Å². The van der Waals surface area contributed by atoms with E-state index in [9.17, 15) is 9.50 Å². The summed E-state index contributed by atoms with van der Waals surface area (Å²) in [5.41, 5.74) is 1.23. The van der Waals surface area contributed by atoms with Crippen LogP contribution in [0.25, 0.3) is 0 Å². The molecule has 3 rings (SSSR count). The Morgan fingerprint density at radius 1 is 1.31 bits per heavy atom. The van der Waals surface area contributed by atoms with Crippen molar-refractivity contribution < 1.29 is 19.0 Å². The van der Waals surface area contributed by atoms with Gasteiger partial charge in [0.15, 0.2) is 5.96 Å². The van der Waals surface area contributed by atoms with Gasteiger partial charge in [-0.05, 0) is 49.8 Å². The Morgan fingerprint density at radius 3 is 2.76 bits per heavy atom. The van der Waals surface area contributed by atoms with Crippen LogP contribution in [0.5, 0.6) is 0 Å². The first-order valence-electron chi connectivity index (χ1n) is 10.3. The number of aliphatic hydroxyl groups excluding tert-OH is 1. The molecular weight excluding hydrogens is 488 g/mol. The van der Waals surface area contributed by atoms with Crippen molar-refractivity contribution in [2.24, 2.45) is 4.99 Å². The zero-order valence-electron chi connectivity index (χ0n) is 17.1. The molecule has 0 radical (unpaired) electrons. The van der Waals surface area contributed by atoms with E-state index in [1.54, 1.807) is 19.2 Å². The van der Waals surface area contributed by atoms with E-state index >= 15 is 0 Å². The molecule has 0 aliphatic carbocycles. The van der Waals surface area contributed by atoms with E-state index in [4.69, 9.17) is 9.47 Å². The van der Waals surface area contributed by atoms with E-state index in [0.717, 1.165) is 50.5 Å². The molecule has 1 atom stereocenters. The van der Waals surface area contributed by atoms with Gasteiger partial charge in [0.1, 0.15) is 5.82 Å². The van der Waals surface area contributed by atoms with Crippen molar-refractivity contribution >= 4 is 29.9 Å². The summed E-state index contributed by atoms with van der Waals surface area (Å²) in [5, 5.41) is 12.5. The fourth-order valence-corrected chi connectivity index (χ4v) is 3.79. The molecule has 2 N–H and O–H groups in total.